The SMILES string of the molecule is CCOC(=O)C(C)Sc1nc2cc(S(=O)(=O)N3CCCC3)ccc2n1C1CCCC1. The van der Waals surface area contributed by atoms with Crippen LogP contribution in [0.1, 0.15) is 58.4 Å². The van der Waals surface area contributed by atoms with Gasteiger partial charge in [-0.3, -0.25) is 4.79 Å². The highest BCUT2D eigenvalue weighted by Gasteiger charge is 2.30. The lowest BCUT2D eigenvalue weighted by Crippen LogP contribution is -2.27. The van der Waals surface area contributed by atoms with E-state index in [4.69, 9.17) is 9.72 Å². The van der Waals surface area contributed by atoms with E-state index in [0.29, 0.717) is 36.2 Å². The van der Waals surface area contributed by atoms with E-state index >= 15 is 0 Å². The molecule has 4 rings (SSSR count). The molecule has 7 nitrogen and oxygen atoms in total. The molecule has 164 valence electrons. The first-order valence-electron chi connectivity index (χ1n) is 10.8. The van der Waals surface area contributed by atoms with Gasteiger partial charge in [0.25, 0.3) is 0 Å². The summed E-state index contributed by atoms with van der Waals surface area (Å²) in [6, 6.07) is 5.59. The number of fused-ring (bicyclic) bond motifs is 1. The predicted molar refractivity (Wildman–Crippen MR) is 117 cm³/mol. The van der Waals surface area contributed by atoms with Crippen molar-refractivity contribution in [3.8, 4) is 0 Å². The second kappa shape index (κ2) is 8.88. The molecule has 1 aliphatic heterocycles. The van der Waals surface area contributed by atoms with Crippen LogP contribution in [0.25, 0.3) is 11.0 Å². The van der Waals surface area contributed by atoms with E-state index in [9.17, 15) is 13.2 Å². The highest BCUT2D eigenvalue weighted by Crippen LogP contribution is 2.38. The van der Waals surface area contributed by atoms with Crippen molar-refractivity contribution in [3.63, 3.8) is 0 Å². The lowest BCUT2D eigenvalue weighted by Gasteiger charge is -2.18. The number of aromatic nitrogens is 2. The Labute approximate surface area is 182 Å². The van der Waals surface area contributed by atoms with Gasteiger partial charge in [0.15, 0.2) is 5.16 Å². The van der Waals surface area contributed by atoms with Gasteiger partial charge in [-0.25, -0.2) is 13.4 Å². The van der Waals surface area contributed by atoms with Crippen LogP contribution in [-0.4, -0.2) is 53.2 Å². The van der Waals surface area contributed by atoms with E-state index < -0.39 is 10.0 Å². The average molecular weight is 452 g/mol. The smallest absolute Gasteiger partial charge is 0.319 e. The van der Waals surface area contributed by atoms with Crippen LogP contribution in [-0.2, 0) is 19.6 Å². The molecular formula is C21H29N3O4S2. The zero-order valence-corrected chi connectivity index (χ0v) is 19.2. The van der Waals surface area contributed by atoms with Gasteiger partial charge in [0.1, 0.15) is 5.25 Å². The lowest BCUT2D eigenvalue weighted by atomic mass is 10.2. The molecule has 0 amide bonds. The van der Waals surface area contributed by atoms with E-state index in [1.165, 1.54) is 24.6 Å². The molecule has 1 saturated carbocycles. The number of ether oxygens (including phenoxy) is 1. The third-order valence-electron chi connectivity index (χ3n) is 5.92. The van der Waals surface area contributed by atoms with Crippen LogP contribution in [0, 0.1) is 0 Å². The van der Waals surface area contributed by atoms with E-state index in [2.05, 4.69) is 4.57 Å². The number of esters is 1. The van der Waals surface area contributed by atoms with Crippen molar-refractivity contribution in [3.05, 3.63) is 18.2 Å². The van der Waals surface area contributed by atoms with Crippen molar-refractivity contribution in [1.82, 2.24) is 13.9 Å². The molecule has 30 heavy (non-hydrogen) atoms. The Hall–Kier alpha value is -1.58. The minimum atomic E-state index is -3.49. The molecule has 1 atom stereocenters. The second-order valence-corrected chi connectivity index (χ2v) is 11.2. The number of carbonyl (C=O) groups excluding carboxylic acids is 1. The Bertz CT molecular complexity index is 1020. The molecule has 2 fully saturated rings. The molecule has 1 unspecified atom stereocenters. The highest BCUT2D eigenvalue weighted by atomic mass is 32.2. The van der Waals surface area contributed by atoms with Crippen LogP contribution in [0.15, 0.2) is 28.3 Å². The number of thioether (sulfide) groups is 1. The first-order valence-corrected chi connectivity index (χ1v) is 13.1. The lowest BCUT2D eigenvalue weighted by molar-refractivity contribution is -0.142. The van der Waals surface area contributed by atoms with E-state index in [1.54, 1.807) is 23.4 Å². The Balaban J connectivity index is 1.72. The van der Waals surface area contributed by atoms with Gasteiger partial charge >= 0.3 is 5.97 Å². The summed E-state index contributed by atoms with van der Waals surface area (Å²) in [6.45, 7) is 5.13. The number of benzene rings is 1. The van der Waals surface area contributed by atoms with E-state index in [0.717, 1.165) is 36.4 Å². The summed E-state index contributed by atoms with van der Waals surface area (Å²) >= 11 is 1.39. The molecule has 1 aromatic carbocycles. The van der Waals surface area contributed by atoms with Gasteiger partial charge in [0, 0.05) is 19.1 Å². The van der Waals surface area contributed by atoms with Crippen molar-refractivity contribution in [1.29, 1.82) is 0 Å². The molecule has 0 bridgehead atoms. The largest absolute Gasteiger partial charge is 0.465 e. The molecule has 0 N–H and O–H groups in total. The third kappa shape index (κ3) is 4.11. The minimum absolute atomic E-state index is 0.259. The van der Waals surface area contributed by atoms with Crippen molar-refractivity contribution < 1.29 is 17.9 Å². The maximum absolute atomic E-state index is 13.0. The fourth-order valence-electron chi connectivity index (χ4n) is 4.36. The first-order chi connectivity index (χ1) is 14.4. The van der Waals surface area contributed by atoms with Gasteiger partial charge in [-0.1, -0.05) is 24.6 Å². The number of hydrogen-bond acceptors (Lipinski definition) is 6. The second-order valence-electron chi connectivity index (χ2n) is 7.98. The van der Waals surface area contributed by atoms with Crippen LogP contribution in [0.2, 0.25) is 0 Å². The van der Waals surface area contributed by atoms with E-state index in [1.807, 2.05) is 13.0 Å². The van der Waals surface area contributed by atoms with Gasteiger partial charge in [-0.05, 0) is 57.7 Å². The molecule has 9 heteroatoms. The van der Waals surface area contributed by atoms with Gasteiger partial charge < -0.3 is 9.30 Å². The summed E-state index contributed by atoms with van der Waals surface area (Å²) in [4.78, 5) is 17.2. The predicted octanol–water partition coefficient (Wildman–Crippen LogP) is 3.98. The number of sulfonamides is 1. The molecule has 2 aromatic rings. The summed E-state index contributed by atoms with van der Waals surface area (Å²) in [6.07, 6.45) is 6.29. The number of hydrogen-bond donors (Lipinski definition) is 0. The number of imidazole rings is 1. The van der Waals surface area contributed by atoms with E-state index in [-0.39, 0.29) is 11.2 Å². The summed E-state index contributed by atoms with van der Waals surface area (Å²) in [5, 5.41) is 0.378. The minimum Gasteiger partial charge on any atom is -0.465 e. The summed E-state index contributed by atoms with van der Waals surface area (Å²) in [7, 11) is -3.49. The maximum atomic E-state index is 13.0. The number of rotatable bonds is 7. The monoisotopic (exact) mass is 451 g/mol. The average Bonchev–Trinajstić information content (AvgIpc) is 3.47. The van der Waals surface area contributed by atoms with Crippen molar-refractivity contribution in [2.45, 2.75) is 73.7 Å². The fraction of sp³-hybridized carbons (Fsp3) is 0.619. The molecular weight excluding hydrogens is 422 g/mol. The molecule has 2 heterocycles. The Morgan fingerprint density at radius 3 is 2.60 bits per heavy atom. The normalized spacial score (nSPS) is 19.5. The molecule has 1 aromatic heterocycles. The van der Waals surface area contributed by atoms with Crippen LogP contribution >= 0.6 is 11.8 Å². The van der Waals surface area contributed by atoms with Crippen LogP contribution in [0.4, 0.5) is 0 Å². The standard InChI is InChI=1S/C21H29N3O4S2/c1-3-28-20(25)15(2)29-21-22-18-14-17(30(26,27)23-12-6-7-13-23)10-11-19(18)24(21)16-8-4-5-9-16/h10-11,14-16H,3-9,12-13H2,1-2H3. The van der Waals surface area contributed by atoms with Crippen LogP contribution < -0.4 is 0 Å². The first kappa shape index (κ1) is 21.6. The summed E-state index contributed by atoms with van der Waals surface area (Å²) < 4.78 is 34.9. The van der Waals surface area contributed by atoms with Crippen molar-refractivity contribution in [2.75, 3.05) is 19.7 Å². The molecule has 0 radical (unpaired) electrons. The number of carbonyl (C=O) groups is 1. The topological polar surface area (TPSA) is 81.5 Å². The molecule has 0 spiro atoms. The van der Waals surface area contributed by atoms with Crippen LogP contribution in [0.5, 0.6) is 0 Å². The Kier molecular flexibility index (Phi) is 6.41. The Morgan fingerprint density at radius 2 is 1.93 bits per heavy atom. The summed E-state index contributed by atoms with van der Waals surface area (Å²) in [5.74, 6) is -0.259. The quantitative estimate of drug-likeness (QED) is 0.468. The van der Waals surface area contributed by atoms with Gasteiger partial charge in [-0.15, -0.1) is 0 Å². The fourth-order valence-corrected chi connectivity index (χ4v) is 6.89. The maximum Gasteiger partial charge on any atom is 0.319 e. The molecule has 1 aliphatic carbocycles. The number of nitrogens with zero attached hydrogens (tertiary/aromatic N) is 3. The van der Waals surface area contributed by atoms with Crippen LogP contribution in [0.3, 0.4) is 0 Å². The van der Waals surface area contributed by atoms with Gasteiger partial charge in [0.2, 0.25) is 10.0 Å². The van der Waals surface area contributed by atoms with Crippen molar-refractivity contribution >= 4 is 38.8 Å². The zero-order chi connectivity index (χ0) is 21.3. The van der Waals surface area contributed by atoms with Gasteiger partial charge in [-0.2, -0.15) is 4.31 Å². The molecule has 1 saturated heterocycles. The highest BCUT2D eigenvalue weighted by molar-refractivity contribution is 8.00. The zero-order valence-electron chi connectivity index (χ0n) is 17.5. The third-order valence-corrected chi connectivity index (χ3v) is 8.86. The Morgan fingerprint density at radius 1 is 1.23 bits per heavy atom. The van der Waals surface area contributed by atoms with Gasteiger partial charge in [0.05, 0.1) is 22.5 Å². The van der Waals surface area contributed by atoms with Crippen molar-refractivity contribution in [2.24, 2.45) is 0 Å². The molecule has 2 aliphatic rings. The summed E-state index contributed by atoms with van der Waals surface area (Å²) in [5.41, 5.74) is 1.60.